The van der Waals surface area contributed by atoms with E-state index in [0.717, 1.165) is 0 Å². The second-order valence-corrected chi connectivity index (χ2v) is 8.61. The zero-order valence-corrected chi connectivity index (χ0v) is 8.89. The summed E-state index contributed by atoms with van der Waals surface area (Å²) >= 11 is 0. The van der Waals surface area contributed by atoms with E-state index in [1.54, 1.807) is 7.11 Å². The second-order valence-electron chi connectivity index (χ2n) is 3.55. The Labute approximate surface area is 70.2 Å². The van der Waals surface area contributed by atoms with Gasteiger partial charge in [-0.05, 0) is 0 Å². The lowest BCUT2D eigenvalue weighted by atomic mass is 10.7. The Kier molecular flexibility index (Phi) is 5.46. The normalized spacial score (nSPS) is 12.7. The van der Waals surface area contributed by atoms with Crippen LogP contribution in [0, 0.1) is 0 Å². The maximum absolute atomic E-state index is 5.09. The Hall–Kier alpha value is -0.123. The molecule has 0 aliphatic rings. The smallest absolute Gasteiger partial charge is 0.146 e. The zero-order chi connectivity index (χ0) is 8.74. The van der Waals surface area contributed by atoms with Gasteiger partial charge < -0.3 is 9.47 Å². The molecule has 0 unspecified atom stereocenters. The highest BCUT2D eigenvalue weighted by molar-refractivity contribution is 6.80. The van der Waals surface area contributed by atoms with Gasteiger partial charge in [0.2, 0.25) is 0 Å². The average Bonchev–Trinajstić information content (AvgIpc) is 1.85. The van der Waals surface area contributed by atoms with Gasteiger partial charge in [0.1, 0.15) is 6.79 Å². The van der Waals surface area contributed by atoms with Gasteiger partial charge in [-0.3, -0.25) is 0 Å². The van der Waals surface area contributed by atoms with Gasteiger partial charge in [0, 0.05) is 7.11 Å². The molecule has 0 radical (unpaired) electrons. The quantitative estimate of drug-likeness (QED) is 0.361. The van der Waals surface area contributed by atoms with Crippen molar-refractivity contribution in [2.45, 2.75) is 19.6 Å². The summed E-state index contributed by atoms with van der Waals surface area (Å²) in [5, 5.41) is 0. The molecule has 2 nitrogen and oxygen atoms in total. The Bertz CT molecular complexity index is 116. The van der Waals surface area contributed by atoms with Crippen LogP contribution in [-0.2, 0) is 9.47 Å². The Morgan fingerprint density at radius 1 is 1.27 bits per heavy atom. The first-order chi connectivity index (χ1) is 5.06. The third-order valence-corrected chi connectivity index (χ3v) is 2.27. The molecule has 0 spiro atoms. The minimum atomic E-state index is -1.02. The van der Waals surface area contributed by atoms with Gasteiger partial charge in [-0.1, -0.05) is 31.4 Å². The first-order valence-electron chi connectivity index (χ1n) is 3.80. The van der Waals surface area contributed by atoms with Gasteiger partial charge in [-0.25, -0.2) is 0 Å². The average molecular weight is 174 g/mol. The van der Waals surface area contributed by atoms with E-state index in [2.05, 4.69) is 31.4 Å². The summed E-state index contributed by atoms with van der Waals surface area (Å²) in [7, 11) is 0.608. The highest BCUT2D eigenvalue weighted by Crippen LogP contribution is 2.01. The fourth-order valence-electron chi connectivity index (χ4n) is 0.601. The van der Waals surface area contributed by atoms with Gasteiger partial charge in [-0.15, -0.1) is 0 Å². The van der Waals surface area contributed by atoms with Crippen molar-refractivity contribution in [1.82, 2.24) is 0 Å². The molecule has 0 aromatic rings. The van der Waals surface area contributed by atoms with Crippen molar-refractivity contribution in [2.24, 2.45) is 0 Å². The van der Waals surface area contributed by atoms with Gasteiger partial charge in [0.15, 0.2) is 0 Å². The molecule has 0 N–H and O–H groups in total. The highest BCUT2D eigenvalue weighted by Gasteiger charge is 2.05. The van der Waals surface area contributed by atoms with Crippen molar-refractivity contribution < 1.29 is 9.47 Å². The molecule has 0 aliphatic heterocycles. The van der Waals surface area contributed by atoms with Gasteiger partial charge in [0.25, 0.3) is 0 Å². The molecule has 66 valence electrons. The Morgan fingerprint density at radius 2 is 1.91 bits per heavy atom. The van der Waals surface area contributed by atoms with Gasteiger partial charge in [-0.2, -0.15) is 0 Å². The molecule has 0 heterocycles. The van der Waals surface area contributed by atoms with Crippen LogP contribution < -0.4 is 0 Å². The van der Waals surface area contributed by atoms with Crippen LogP contribution in [0.2, 0.25) is 19.6 Å². The lowest BCUT2D eigenvalue weighted by Gasteiger charge is -2.07. The molecular formula is C8H18O2Si. The van der Waals surface area contributed by atoms with Crippen LogP contribution in [0.3, 0.4) is 0 Å². The van der Waals surface area contributed by atoms with Crippen LogP contribution in [-0.4, -0.2) is 28.6 Å². The van der Waals surface area contributed by atoms with Gasteiger partial charge in [0.05, 0.1) is 14.7 Å². The molecule has 0 saturated carbocycles. The van der Waals surface area contributed by atoms with Crippen molar-refractivity contribution in [1.29, 1.82) is 0 Å². The zero-order valence-electron chi connectivity index (χ0n) is 7.89. The third kappa shape index (κ3) is 9.88. The van der Waals surface area contributed by atoms with E-state index < -0.39 is 8.07 Å². The second kappa shape index (κ2) is 5.52. The van der Waals surface area contributed by atoms with Crippen molar-refractivity contribution in [3.8, 4) is 0 Å². The minimum absolute atomic E-state index is 0.385. The number of methoxy groups -OCH3 is 1. The molecule has 0 saturated heterocycles. The summed E-state index contributed by atoms with van der Waals surface area (Å²) in [6.07, 6.45) is 2.07. The molecular weight excluding hydrogens is 156 g/mol. The summed E-state index contributed by atoms with van der Waals surface area (Å²) in [5.41, 5.74) is 2.27. The van der Waals surface area contributed by atoms with Crippen molar-refractivity contribution in [3.05, 3.63) is 11.8 Å². The maximum atomic E-state index is 5.09. The molecule has 11 heavy (non-hydrogen) atoms. The molecule has 0 rings (SSSR count). The summed E-state index contributed by atoms with van der Waals surface area (Å²) in [4.78, 5) is 0. The minimum Gasteiger partial charge on any atom is -0.359 e. The number of hydrogen-bond acceptors (Lipinski definition) is 2. The fourth-order valence-corrected chi connectivity index (χ4v) is 1.40. The molecule has 0 aromatic carbocycles. The number of hydrogen-bond donors (Lipinski definition) is 0. The third-order valence-electron chi connectivity index (χ3n) is 1.03. The van der Waals surface area contributed by atoms with Crippen LogP contribution in [0.4, 0.5) is 0 Å². The first-order valence-corrected chi connectivity index (χ1v) is 7.38. The van der Waals surface area contributed by atoms with Crippen LogP contribution in [0.15, 0.2) is 11.8 Å². The van der Waals surface area contributed by atoms with E-state index in [1.165, 1.54) is 0 Å². The Balaban J connectivity index is 3.30. The van der Waals surface area contributed by atoms with E-state index in [9.17, 15) is 0 Å². The Morgan fingerprint density at radius 3 is 2.36 bits per heavy atom. The van der Waals surface area contributed by atoms with Crippen molar-refractivity contribution >= 4 is 8.07 Å². The molecule has 0 atom stereocenters. The lowest BCUT2D eigenvalue weighted by molar-refractivity contribution is -0.0186. The van der Waals surface area contributed by atoms with E-state index in [-0.39, 0.29) is 0 Å². The SMILES string of the molecule is COCOC/C=C/[Si](C)(C)C. The van der Waals surface area contributed by atoms with Crippen LogP contribution in [0.25, 0.3) is 0 Å². The van der Waals surface area contributed by atoms with Gasteiger partial charge >= 0.3 is 0 Å². The van der Waals surface area contributed by atoms with E-state index >= 15 is 0 Å². The van der Waals surface area contributed by atoms with E-state index in [1.807, 2.05) is 0 Å². The highest BCUT2D eigenvalue weighted by atomic mass is 28.3. The topological polar surface area (TPSA) is 18.5 Å². The fraction of sp³-hybridized carbons (Fsp3) is 0.750. The summed E-state index contributed by atoms with van der Waals surface area (Å²) in [6, 6.07) is 0. The largest absolute Gasteiger partial charge is 0.359 e. The summed E-state index contributed by atoms with van der Waals surface area (Å²) < 4.78 is 9.82. The van der Waals surface area contributed by atoms with Crippen LogP contribution >= 0.6 is 0 Å². The van der Waals surface area contributed by atoms with Crippen molar-refractivity contribution in [2.75, 3.05) is 20.5 Å². The summed E-state index contributed by atoms with van der Waals surface area (Å²) in [5.74, 6) is 0. The number of ether oxygens (including phenoxy) is 2. The monoisotopic (exact) mass is 174 g/mol. The van der Waals surface area contributed by atoms with Crippen LogP contribution in [0.5, 0.6) is 0 Å². The molecule has 0 aliphatic carbocycles. The lowest BCUT2D eigenvalue weighted by Crippen LogP contribution is -2.15. The van der Waals surface area contributed by atoms with E-state index in [0.29, 0.717) is 13.4 Å². The predicted molar refractivity (Wildman–Crippen MR) is 50.3 cm³/mol. The van der Waals surface area contributed by atoms with E-state index in [4.69, 9.17) is 9.47 Å². The summed E-state index contributed by atoms with van der Waals surface area (Å²) in [6.45, 7) is 7.92. The first kappa shape index (κ1) is 10.9. The maximum Gasteiger partial charge on any atom is 0.146 e. The van der Waals surface area contributed by atoms with Crippen molar-refractivity contribution in [3.63, 3.8) is 0 Å². The van der Waals surface area contributed by atoms with Crippen LogP contribution in [0.1, 0.15) is 0 Å². The molecule has 0 amide bonds. The molecule has 0 aromatic heterocycles. The predicted octanol–water partition coefficient (Wildman–Crippen LogP) is 2.04. The number of rotatable bonds is 5. The molecule has 0 fully saturated rings. The standard InChI is InChI=1S/C8H18O2Si/c1-9-8-10-6-5-7-11(2,3)4/h5,7H,6,8H2,1-4H3/b7-5+. The molecule has 0 bridgehead atoms. The molecule has 3 heteroatoms.